The van der Waals surface area contributed by atoms with Gasteiger partial charge in [-0.3, -0.25) is 4.79 Å². The molecular formula is C17H24N2O2. The number of benzene rings is 1. The molecule has 2 rings (SSSR count). The van der Waals surface area contributed by atoms with Gasteiger partial charge in [-0.1, -0.05) is 58.0 Å². The number of hydrazone groups is 1. The Labute approximate surface area is 126 Å². The van der Waals surface area contributed by atoms with Crippen molar-refractivity contribution in [1.82, 2.24) is 5.01 Å². The fraction of sp³-hybridized carbons (Fsp3) is 0.529. The highest BCUT2D eigenvalue weighted by atomic mass is 16.5. The average molecular weight is 288 g/mol. The Morgan fingerprint density at radius 1 is 1.24 bits per heavy atom. The van der Waals surface area contributed by atoms with E-state index in [1.807, 2.05) is 44.2 Å². The zero-order valence-corrected chi connectivity index (χ0v) is 13.2. The van der Waals surface area contributed by atoms with Crippen molar-refractivity contribution in [3.8, 4) is 0 Å². The first kappa shape index (κ1) is 15.7. The molecule has 4 nitrogen and oxygen atoms in total. The van der Waals surface area contributed by atoms with Crippen molar-refractivity contribution in [2.75, 3.05) is 0 Å². The van der Waals surface area contributed by atoms with Crippen molar-refractivity contribution in [2.24, 2.45) is 16.9 Å². The molecule has 0 aliphatic carbocycles. The highest BCUT2D eigenvalue weighted by Crippen LogP contribution is 2.30. The number of ether oxygens (including phenoxy) is 1. The summed E-state index contributed by atoms with van der Waals surface area (Å²) in [5.41, 5.74) is 1.08. The van der Waals surface area contributed by atoms with Gasteiger partial charge in [-0.2, -0.15) is 5.10 Å². The summed E-state index contributed by atoms with van der Waals surface area (Å²) in [6.45, 7) is 8.73. The first-order chi connectivity index (χ1) is 10.0. The topological polar surface area (TPSA) is 41.9 Å². The molecule has 1 saturated heterocycles. The van der Waals surface area contributed by atoms with Crippen LogP contribution in [0.25, 0.3) is 0 Å². The Bertz CT molecular complexity index is 497. The van der Waals surface area contributed by atoms with Crippen LogP contribution in [0.5, 0.6) is 0 Å². The van der Waals surface area contributed by atoms with Crippen LogP contribution in [0.1, 0.15) is 33.3 Å². The summed E-state index contributed by atoms with van der Waals surface area (Å²) in [7, 11) is 0. The van der Waals surface area contributed by atoms with E-state index in [0.29, 0.717) is 18.4 Å². The molecule has 1 aliphatic heterocycles. The third-order valence-electron chi connectivity index (χ3n) is 3.51. The van der Waals surface area contributed by atoms with E-state index >= 15 is 0 Å². The summed E-state index contributed by atoms with van der Waals surface area (Å²) < 4.78 is 5.82. The lowest BCUT2D eigenvalue weighted by Gasteiger charge is -2.45. The van der Waals surface area contributed by atoms with Crippen LogP contribution in [-0.2, 0) is 16.1 Å². The largest absolute Gasteiger partial charge is 0.361 e. The molecule has 1 fully saturated rings. The Hall–Kier alpha value is -1.68. The van der Waals surface area contributed by atoms with Crippen molar-refractivity contribution < 1.29 is 9.53 Å². The third-order valence-corrected chi connectivity index (χ3v) is 3.51. The minimum absolute atomic E-state index is 0.0243. The Balaban J connectivity index is 1.98. The highest BCUT2D eigenvalue weighted by Gasteiger charge is 2.50. The molecule has 114 valence electrons. The Kier molecular flexibility index (Phi) is 5.12. The molecule has 0 saturated carbocycles. The van der Waals surface area contributed by atoms with E-state index in [1.165, 1.54) is 0 Å². The monoisotopic (exact) mass is 288 g/mol. The average Bonchev–Trinajstić information content (AvgIpc) is 2.44. The lowest BCUT2D eigenvalue weighted by molar-refractivity contribution is -0.180. The van der Waals surface area contributed by atoms with E-state index in [-0.39, 0.29) is 18.1 Å². The molecule has 1 aliphatic rings. The number of carbonyl (C=O) groups is 1. The van der Waals surface area contributed by atoms with Gasteiger partial charge in [0.05, 0.1) is 12.6 Å². The van der Waals surface area contributed by atoms with Crippen LogP contribution in [0.4, 0.5) is 0 Å². The summed E-state index contributed by atoms with van der Waals surface area (Å²) in [5.74, 6) is 0.601. The molecule has 2 unspecified atom stereocenters. The summed E-state index contributed by atoms with van der Waals surface area (Å²) in [5, 5.41) is 5.87. The van der Waals surface area contributed by atoms with Gasteiger partial charge >= 0.3 is 0 Å². The number of β-lactam (4-membered cyclic amide) rings is 1. The van der Waals surface area contributed by atoms with Gasteiger partial charge in [-0.05, 0) is 17.4 Å². The Morgan fingerprint density at radius 2 is 1.90 bits per heavy atom. The summed E-state index contributed by atoms with van der Waals surface area (Å²) in [4.78, 5) is 12.2. The molecule has 1 heterocycles. The first-order valence-corrected chi connectivity index (χ1v) is 7.53. The smallest absolute Gasteiger partial charge is 0.274 e. The second-order valence-corrected chi connectivity index (χ2v) is 6.14. The van der Waals surface area contributed by atoms with Crippen LogP contribution in [0.3, 0.4) is 0 Å². The maximum absolute atomic E-state index is 12.2. The number of amides is 1. The standard InChI is InChI=1S/C17H24N2O2/c1-12(2)10-18-19-15(13(3)4)16(17(19)20)21-11-14-8-6-5-7-9-14/h5-10,12-13,15-16H,11H2,1-4H3/b18-10+. The van der Waals surface area contributed by atoms with Crippen LogP contribution in [0, 0.1) is 11.8 Å². The van der Waals surface area contributed by atoms with Gasteiger partial charge < -0.3 is 4.74 Å². The van der Waals surface area contributed by atoms with Gasteiger partial charge in [0.25, 0.3) is 5.91 Å². The van der Waals surface area contributed by atoms with Crippen molar-refractivity contribution in [3.63, 3.8) is 0 Å². The zero-order valence-electron chi connectivity index (χ0n) is 13.2. The molecule has 0 radical (unpaired) electrons. The van der Waals surface area contributed by atoms with Gasteiger partial charge in [-0.25, -0.2) is 5.01 Å². The van der Waals surface area contributed by atoms with Crippen LogP contribution >= 0.6 is 0 Å². The minimum Gasteiger partial charge on any atom is -0.361 e. The van der Waals surface area contributed by atoms with E-state index in [4.69, 9.17) is 4.74 Å². The van der Waals surface area contributed by atoms with Crippen LogP contribution in [0.2, 0.25) is 0 Å². The minimum atomic E-state index is -0.380. The molecule has 1 aromatic rings. The van der Waals surface area contributed by atoms with Crippen LogP contribution in [-0.4, -0.2) is 29.3 Å². The predicted octanol–water partition coefficient (Wildman–Crippen LogP) is 3.08. The second kappa shape index (κ2) is 6.85. The first-order valence-electron chi connectivity index (χ1n) is 7.53. The molecule has 2 atom stereocenters. The fourth-order valence-corrected chi connectivity index (χ4v) is 2.37. The summed E-state index contributed by atoms with van der Waals surface area (Å²) >= 11 is 0. The third kappa shape index (κ3) is 3.70. The van der Waals surface area contributed by atoms with Crippen LogP contribution in [0.15, 0.2) is 35.4 Å². The van der Waals surface area contributed by atoms with Gasteiger partial charge in [0, 0.05) is 6.21 Å². The molecular weight excluding hydrogens is 264 g/mol. The van der Waals surface area contributed by atoms with E-state index < -0.39 is 0 Å². The van der Waals surface area contributed by atoms with Crippen molar-refractivity contribution in [3.05, 3.63) is 35.9 Å². The molecule has 1 amide bonds. The molecule has 0 N–H and O–H groups in total. The summed E-state index contributed by atoms with van der Waals surface area (Å²) in [6, 6.07) is 9.94. The van der Waals surface area contributed by atoms with Crippen LogP contribution < -0.4 is 0 Å². The second-order valence-electron chi connectivity index (χ2n) is 6.14. The molecule has 4 heteroatoms. The van der Waals surface area contributed by atoms with Crippen molar-refractivity contribution in [2.45, 2.75) is 46.4 Å². The Morgan fingerprint density at radius 3 is 2.48 bits per heavy atom. The molecule has 0 bridgehead atoms. The van der Waals surface area contributed by atoms with E-state index in [2.05, 4.69) is 18.9 Å². The number of carbonyl (C=O) groups excluding carboxylic acids is 1. The predicted molar refractivity (Wildman–Crippen MR) is 83.8 cm³/mol. The van der Waals surface area contributed by atoms with Crippen molar-refractivity contribution in [1.29, 1.82) is 0 Å². The number of rotatable bonds is 6. The number of nitrogens with zero attached hydrogens (tertiary/aromatic N) is 2. The number of hydrogen-bond acceptors (Lipinski definition) is 3. The van der Waals surface area contributed by atoms with Gasteiger partial charge in [-0.15, -0.1) is 0 Å². The van der Waals surface area contributed by atoms with Gasteiger partial charge in [0.1, 0.15) is 0 Å². The quantitative estimate of drug-likeness (QED) is 0.596. The van der Waals surface area contributed by atoms with Gasteiger partial charge in [0.2, 0.25) is 0 Å². The lowest BCUT2D eigenvalue weighted by Crippen LogP contribution is -2.65. The molecule has 1 aromatic carbocycles. The van der Waals surface area contributed by atoms with Crippen molar-refractivity contribution >= 4 is 12.1 Å². The highest BCUT2D eigenvalue weighted by molar-refractivity contribution is 5.89. The van der Waals surface area contributed by atoms with E-state index in [9.17, 15) is 4.79 Å². The lowest BCUT2D eigenvalue weighted by atomic mass is 9.90. The SMILES string of the molecule is CC(C)/C=N/N1C(=O)C(OCc2ccccc2)C1C(C)C. The summed E-state index contributed by atoms with van der Waals surface area (Å²) in [6.07, 6.45) is 1.43. The molecule has 21 heavy (non-hydrogen) atoms. The van der Waals surface area contributed by atoms with Gasteiger partial charge in [0.15, 0.2) is 6.10 Å². The fourth-order valence-electron chi connectivity index (χ4n) is 2.37. The van der Waals surface area contributed by atoms with E-state index in [0.717, 1.165) is 5.56 Å². The maximum Gasteiger partial charge on any atom is 0.274 e. The number of hydrogen-bond donors (Lipinski definition) is 0. The molecule has 0 aromatic heterocycles. The normalized spacial score (nSPS) is 22.4. The van der Waals surface area contributed by atoms with E-state index in [1.54, 1.807) is 11.2 Å². The molecule has 0 spiro atoms. The maximum atomic E-state index is 12.2. The zero-order chi connectivity index (χ0) is 15.4.